The van der Waals surface area contributed by atoms with Crippen molar-refractivity contribution in [1.82, 2.24) is 9.71 Å². The summed E-state index contributed by atoms with van der Waals surface area (Å²) in [5, 5.41) is 9.07. The molecule has 1 aromatic heterocycles. The smallest absolute Gasteiger partial charge is 0.258 e. The highest BCUT2D eigenvalue weighted by atomic mass is 32.2. The van der Waals surface area contributed by atoms with Gasteiger partial charge in [-0.2, -0.15) is 5.26 Å². The maximum absolute atomic E-state index is 13.1. The SMILES string of the molecule is CCOCC1CCC2C(CCC3C2CCC2(C)C(C(C)NS(=O)(=O)c4cccc(C#N)n4)CCC32)C1. The van der Waals surface area contributed by atoms with Crippen LogP contribution < -0.4 is 4.72 Å². The Bertz CT molecular complexity index is 1090. The second-order valence-corrected chi connectivity index (χ2v) is 14.0. The molecule has 1 N–H and O–H groups in total. The molecule has 9 unspecified atom stereocenters. The van der Waals surface area contributed by atoms with Gasteiger partial charge in [0, 0.05) is 19.3 Å². The Hall–Kier alpha value is -1.49. The third-order valence-corrected chi connectivity index (χ3v) is 12.2. The highest BCUT2D eigenvalue weighted by Gasteiger charge is 2.58. The van der Waals surface area contributed by atoms with Gasteiger partial charge >= 0.3 is 0 Å². The van der Waals surface area contributed by atoms with Crippen LogP contribution in [-0.2, 0) is 14.8 Å². The van der Waals surface area contributed by atoms with E-state index in [0.29, 0.717) is 11.8 Å². The number of hydrogen-bond donors (Lipinski definition) is 1. The molecule has 7 heteroatoms. The Morgan fingerprint density at radius 1 is 1.14 bits per heavy atom. The fourth-order valence-electron chi connectivity index (χ4n) is 9.26. The summed E-state index contributed by atoms with van der Waals surface area (Å²) in [6.07, 6.45) is 11.6. The van der Waals surface area contributed by atoms with Crippen LogP contribution in [0.3, 0.4) is 0 Å². The molecule has 4 aliphatic carbocycles. The van der Waals surface area contributed by atoms with Gasteiger partial charge in [0.15, 0.2) is 5.03 Å². The average molecular weight is 514 g/mol. The second-order valence-electron chi connectivity index (χ2n) is 12.4. The zero-order valence-electron chi connectivity index (χ0n) is 22.2. The van der Waals surface area contributed by atoms with Crippen molar-refractivity contribution >= 4 is 10.0 Å². The van der Waals surface area contributed by atoms with Gasteiger partial charge in [-0.15, -0.1) is 0 Å². The Kier molecular flexibility index (Phi) is 7.51. The molecule has 0 amide bonds. The van der Waals surface area contributed by atoms with Crippen LogP contribution in [0.2, 0.25) is 0 Å². The first kappa shape index (κ1) is 26.1. The van der Waals surface area contributed by atoms with Crippen molar-refractivity contribution in [3.63, 3.8) is 0 Å². The predicted molar refractivity (Wildman–Crippen MR) is 139 cm³/mol. The fourth-order valence-corrected chi connectivity index (χ4v) is 10.5. The van der Waals surface area contributed by atoms with Crippen LogP contribution in [0, 0.1) is 58.2 Å². The Morgan fingerprint density at radius 2 is 1.94 bits per heavy atom. The lowest BCUT2D eigenvalue weighted by Crippen LogP contribution is -2.51. The van der Waals surface area contributed by atoms with E-state index in [4.69, 9.17) is 10.00 Å². The molecule has 1 heterocycles. The Labute approximate surface area is 217 Å². The fraction of sp³-hybridized carbons (Fsp3) is 0.793. The van der Waals surface area contributed by atoms with Gasteiger partial charge in [-0.05, 0) is 131 Å². The van der Waals surface area contributed by atoms with Gasteiger partial charge in [0.05, 0.1) is 0 Å². The number of fused-ring (bicyclic) bond motifs is 5. The molecule has 0 aromatic carbocycles. The number of rotatable bonds is 7. The van der Waals surface area contributed by atoms with Gasteiger partial charge in [-0.1, -0.05) is 13.0 Å². The highest BCUT2D eigenvalue weighted by Crippen LogP contribution is 2.65. The van der Waals surface area contributed by atoms with Crippen LogP contribution >= 0.6 is 0 Å². The third kappa shape index (κ3) is 4.74. The first-order valence-electron chi connectivity index (χ1n) is 14.2. The molecule has 0 radical (unpaired) electrons. The predicted octanol–water partition coefficient (Wildman–Crippen LogP) is 5.54. The molecule has 0 spiro atoms. The summed E-state index contributed by atoms with van der Waals surface area (Å²) in [4.78, 5) is 4.04. The number of sulfonamides is 1. The maximum Gasteiger partial charge on any atom is 0.258 e. The van der Waals surface area contributed by atoms with E-state index < -0.39 is 10.0 Å². The molecule has 1 aromatic rings. The molecule has 6 nitrogen and oxygen atoms in total. The minimum absolute atomic E-state index is 0.0601. The lowest BCUT2D eigenvalue weighted by molar-refractivity contribution is -0.0748. The molecule has 0 bridgehead atoms. The van der Waals surface area contributed by atoms with E-state index in [0.717, 1.165) is 49.2 Å². The zero-order valence-corrected chi connectivity index (χ0v) is 23.0. The molecular weight excluding hydrogens is 470 g/mol. The number of hydrogen-bond acceptors (Lipinski definition) is 5. The summed E-state index contributed by atoms with van der Waals surface area (Å²) in [7, 11) is -3.77. The van der Waals surface area contributed by atoms with Crippen molar-refractivity contribution in [2.45, 2.75) is 89.6 Å². The van der Waals surface area contributed by atoms with E-state index in [2.05, 4.69) is 23.6 Å². The highest BCUT2D eigenvalue weighted by molar-refractivity contribution is 7.89. The van der Waals surface area contributed by atoms with Crippen molar-refractivity contribution in [2.24, 2.45) is 46.8 Å². The Morgan fingerprint density at radius 3 is 2.72 bits per heavy atom. The summed E-state index contributed by atoms with van der Waals surface area (Å²) in [6, 6.07) is 6.37. The van der Waals surface area contributed by atoms with E-state index in [1.165, 1.54) is 63.5 Å². The lowest BCUT2D eigenvalue weighted by atomic mass is 9.49. The number of nitrogens with one attached hydrogen (secondary N) is 1. The van der Waals surface area contributed by atoms with Crippen LogP contribution in [-0.4, -0.2) is 32.7 Å². The van der Waals surface area contributed by atoms with Crippen molar-refractivity contribution in [3.8, 4) is 6.07 Å². The molecule has 4 fully saturated rings. The maximum atomic E-state index is 13.1. The van der Waals surface area contributed by atoms with E-state index in [1.807, 2.05) is 13.0 Å². The summed E-state index contributed by atoms with van der Waals surface area (Å²) in [6.45, 7) is 8.36. The number of aromatic nitrogens is 1. The topological polar surface area (TPSA) is 92.1 Å². The van der Waals surface area contributed by atoms with Crippen molar-refractivity contribution in [2.75, 3.05) is 13.2 Å². The third-order valence-electron chi connectivity index (χ3n) is 10.8. The van der Waals surface area contributed by atoms with Crippen LogP contribution in [0.5, 0.6) is 0 Å². The Balaban J connectivity index is 1.26. The number of nitriles is 1. The van der Waals surface area contributed by atoms with Crippen molar-refractivity contribution in [1.29, 1.82) is 5.26 Å². The van der Waals surface area contributed by atoms with E-state index in [-0.39, 0.29) is 22.2 Å². The quantitative estimate of drug-likeness (QED) is 0.517. The van der Waals surface area contributed by atoms with E-state index >= 15 is 0 Å². The minimum Gasteiger partial charge on any atom is -0.381 e. The first-order chi connectivity index (χ1) is 17.3. The largest absolute Gasteiger partial charge is 0.381 e. The van der Waals surface area contributed by atoms with E-state index in [1.54, 1.807) is 6.07 Å². The zero-order chi connectivity index (χ0) is 25.5. The van der Waals surface area contributed by atoms with Gasteiger partial charge in [-0.3, -0.25) is 0 Å². The standard InChI is InChI=1S/C29H43N3O3S/c1-4-35-18-20-8-10-23-21(16-20)9-11-25-24(23)14-15-29(3)26(12-13-27(25)29)19(2)32-36(33,34)28-7-5-6-22(17-30)31-28/h5-7,19-21,23-27,32H,4,8-16,18H2,1-3H3. The minimum atomic E-state index is -3.77. The van der Waals surface area contributed by atoms with Gasteiger partial charge in [0.2, 0.25) is 0 Å². The van der Waals surface area contributed by atoms with Crippen LogP contribution in [0.15, 0.2) is 23.2 Å². The lowest BCUT2D eigenvalue weighted by Gasteiger charge is -2.56. The molecule has 0 aliphatic heterocycles. The van der Waals surface area contributed by atoms with Crippen LogP contribution in [0.1, 0.15) is 84.3 Å². The summed E-state index contributed by atoms with van der Waals surface area (Å²) in [5.41, 5.74) is 0.309. The molecular formula is C29H43N3O3S. The molecule has 0 saturated heterocycles. The van der Waals surface area contributed by atoms with Gasteiger partial charge in [0.1, 0.15) is 11.8 Å². The molecule has 5 rings (SSSR count). The molecule has 9 atom stereocenters. The van der Waals surface area contributed by atoms with E-state index in [9.17, 15) is 8.42 Å². The van der Waals surface area contributed by atoms with Crippen LogP contribution in [0.4, 0.5) is 0 Å². The normalized spacial score (nSPS) is 38.9. The number of ether oxygens (including phenoxy) is 1. The molecule has 4 aliphatic rings. The van der Waals surface area contributed by atoms with Gasteiger partial charge in [0.25, 0.3) is 10.0 Å². The molecule has 198 valence electrons. The number of pyridine rings is 1. The summed E-state index contributed by atoms with van der Waals surface area (Å²) in [5.74, 6) is 5.22. The molecule has 4 saturated carbocycles. The monoisotopic (exact) mass is 513 g/mol. The number of nitrogens with zero attached hydrogens (tertiary/aromatic N) is 2. The second kappa shape index (κ2) is 10.3. The first-order valence-corrected chi connectivity index (χ1v) is 15.7. The summed E-state index contributed by atoms with van der Waals surface area (Å²) < 4.78 is 35.0. The van der Waals surface area contributed by atoms with Gasteiger partial charge < -0.3 is 4.74 Å². The van der Waals surface area contributed by atoms with Crippen LogP contribution in [0.25, 0.3) is 0 Å². The van der Waals surface area contributed by atoms with Crippen molar-refractivity contribution in [3.05, 3.63) is 23.9 Å². The van der Waals surface area contributed by atoms with Crippen molar-refractivity contribution < 1.29 is 13.2 Å². The molecule has 36 heavy (non-hydrogen) atoms. The van der Waals surface area contributed by atoms with Gasteiger partial charge in [-0.25, -0.2) is 18.1 Å². The average Bonchev–Trinajstić information content (AvgIpc) is 3.24. The summed E-state index contributed by atoms with van der Waals surface area (Å²) >= 11 is 0.